The van der Waals surface area contributed by atoms with E-state index in [0.717, 1.165) is 24.3 Å². The predicted molar refractivity (Wildman–Crippen MR) is 75.8 cm³/mol. The van der Waals surface area contributed by atoms with Crippen molar-refractivity contribution in [1.82, 2.24) is 4.90 Å². The van der Waals surface area contributed by atoms with E-state index in [9.17, 15) is 4.79 Å². The number of hydrogen-bond donors (Lipinski definition) is 1. The number of carbonyl (C=O) groups is 1. The molecule has 1 aromatic heterocycles. The van der Waals surface area contributed by atoms with Gasteiger partial charge in [-0.05, 0) is 43.7 Å². The van der Waals surface area contributed by atoms with Gasteiger partial charge in [0.2, 0.25) is 0 Å². The maximum atomic E-state index is 12.5. The molecule has 1 aromatic rings. The van der Waals surface area contributed by atoms with Crippen molar-refractivity contribution in [2.75, 3.05) is 13.1 Å². The molecule has 0 radical (unpaired) electrons. The molecule has 0 aliphatic heterocycles. The lowest BCUT2D eigenvalue weighted by atomic mass is 9.83. The van der Waals surface area contributed by atoms with E-state index in [0.29, 0.717) is 18.5 Å². The van der Waals surface area contributed by atoms with Crippen molar-refractivity contribution in [2.45, 2.75) is 38.6 Å². The second kappa shape index (κ2) is 6.34. The zero-order valence-corrected chi connectivity index (χ0v) is 11.8. The summed E-state index contributed by atoms with van der Waals surface area (Å²) >= 11 is 1.53. The molecule has 0 aromatic carbocycles. The molecule has 0 spiro atoms. The summed E-state index contributed by atoms with van der Waals surface area (Å²) in [4.78, 5) is 15.4. The fourth-order valence-electron chi connectivity index (χ4n) is 2.94. The molecule has 1 aliphatic rings. The molecule has 100 valence electrons. The minimum absolute atomic E-state index is 0.179. The second-order valence-corrected chi connectivity index (χ2v) is 5.86. The second-order valence-electron chi connectivity index (χ2n) is 4.92. The summed E-state index contributed by atoms with van der Waals surface area (Å²) < 4.78 is 0. The average Bonchev–Trinajstić information content (AvgIpc) is 2.94. The fraction of sp³-hybridized carbons (Fsp3) is 0.643. The molecular weight excluding hydrogens is 244 g/mol. The third-order valence-corrected chi connectivity index (χ3v) is 4.76. The lowest BCUT2D eigenvalue weighted by Gasteiger charge is -2.39. The van der Waals surface area contributed by atoms with E-state index in [1.54, 1.807) is 0 Å². The first-order chi connectivity index (χ1) is 8.77. The van der Waals surface area contributed by atoms with Gasteiger partial charge in [-0.15, -0.1) is 11.3 Å². The molecule has 1 aliphatic carbocycles. The van der Waals surface area contributed by atoms with E-state index < -0.39 is 0 Å². The number of hydrogen-bond acceptors (Lipinski definition) is 3. The van der Waals surface area contributed by atoms with Crippen LogP contribution in [0.1, 0.15) is 42.3 Å². The first-order valence-corrected chi connectivity index (χ1v) is 7.70. The topological polar surface area (TPSA) is 46.3 Å². The highest BCUT2D eigenvalue weighted by Crippen LogP contribution is 2.29. The first kappa shape index (κ1) is 13.6. The Bertz CT molecular complexity index is 377. The molecule has 1 saturated carbocycles. The first-order valence-electron chi connectivity index (χ1n) is 6.82. The Balaban J connectivity index is 2.14. The van der Waals surface area contributed by atoms with E-state index in [4.69, 9.17) is 5.73 Å². The van der Waals surface area contributed by atoms with Crippen molar-refractivity contribution in [1.29, 1.82) is 0 Å². The Morgan fingerprint density at radius 2 is 2.28 bits per heavy atom. The molecule has 2 atom stereocenters. The molecule has 1 fully saturated rings. The van der Waals surface area contributed by atoms with Gasteiger partial charge in [-0.3, -0.25) is 4.79 Å². The normalized spacial score (nSPS) is 23.9. The van der Waals surface area contributed by atoms with Crippen molar-refractivity contribution >= 4 is 17.2 Å². The van der Waals surface area contributed by atoms with E-state index in [1.165, 1.54) is 24.2 Å². The zero-order valence-electron chi connectivity index (χ0n) is 11.0. The summed E-state index contributed by atoms with van der Waals surface area (Å²) in [6, 6.07) is 4.19. The SMILES string of the molecule is CCN(C(=O)c1cccs1)C1CCCCC1CN. The van der Waals surface area contributed by atoms with E-state index in [1.807, 2.05) is 22.4 Å². The number of nitrogens with zero attached hydrogens (tertiary/aromatic N) is 1. The lowest BCUT2D eigenvalue weighted by Crippen LogP contribution is -2.47. The minimum atomic E-state index is 0.179. The summed E-state index contributed by atoms with van der Waals surface area (Å²) in [5.74, 6) is 0.653. The van der Waals surface area contributed by atoms with Gasteiger partial charge in [-0.2, -0.15) is 0 Å². The molecule has 1 heterocycles. The summed E-state index contributed by atoms with van der Waals surface area (Å²) in [6.07, 6.45) is 4.74. The van der Waals surface area contributed by atoms with Crippen molar-refractivity contribution in [3.8, 4) is 0 Å². The van der Waals surface area contributed by atoms with E-state index in [2.05, 4.69) is 6.92 Å². The highest BCUT2D eigenvalue weighted by molar-refractivity contribution is 7.12. The highest BCUT2D eigenvalue weighted by Gasteiger charge is 2.31. The van der Waals surface area contributed by atoms with Gasteiger partial charge in [0.05, 0.1) is 4.88 Å². The van der Waals surface area contributed by atoms with Crippen LogP contribution >= 0.6 is 11.3 Å². The molecule has 2 rings (SSSR count). The van der Waals surface area contributed by atoms with Crippen LogP contribution in [0, 0.1) is 5.92 Å². The molecular formula is C14H22N2OS. The highest BCUT2D eigenvalue weighted by atomic mass is 32.1. The molecule has 4 heteroatoms. The average molecular weight is 266 g/mol. The molecule has 0 bridgehead atoms. The smallest absolute Gasteiger partial charge is 0.264 e. The Hall–Kier alpha value is -0.870. The van der Waals surface area contributed by atoms with Crippen molar-refractivity contribution in [3.63, 3.8) is 0 Å². The van der Waals surface area contributed by atoms with Gasteiger partial charge in [0, 0.05) is 12.6 Å². The minimum Gasteiger partial charge on any atom is -0.335 e. The number of nitrogens with two attached hydrogens (primary N) is 1. The van der Waals surface area contributed by atoms with Crippen LogP contribution in [0.3, 0.4) is 0 Å². The maximum Gasteiger partial charge on any atom is 0.264 e. The molecule has 2 unspecified atom stereocenters. The van der Waals surface area contributed by atoms with Gasteiger partial charge in [0.25, 0.3) is 5.91 Å². The van der Waals surface area contributed by atoms with Gasteiger partial charge in [0.1, 0.15) is 0 Å². The Kier molecular flexibility index (Phi) is 4.78. The van der Waals surface area contributed by atoms with Crippen molar-refractivity contribution in [2.24, 2.45) is 11.7 Å². The number of carbonyl (C=O) groups excluding carboxylic acids is 1. The van der Waals surface area contributed by atoms with Gasteiger partial charge in [0.15, 0.2) is 0 Å². The third-order valence-electron chi connectivity index (χ3n) is 3.91. The summed E-state index contributed by atoms with van der Waals surface area (Å²) in [5.41, 5.74) is 5.87. The quantitative estimate of drug-likeness (QED) is 0.911. The van der Waals surface area contributed by atoms with Crippen LogP contribution in [0.5, 0.6) is 0 Å². The van der Waals surface area contributed by atoms with Crippen molar-refractivity contribution in [3.05, 3.63) is 22.4 Å². The van der Waals surface area contributed by atoms with Crippen LogP contribution < -0.4 is 5.73 Å². The van der Waals surface area contributed by atoms with Gasteiger partial charge < -0.3 is 10.6 Å². The standard InChI is InChI=1S/C14H22N2OS/c1-2-16(14(17)13-8-5-9-18-13)12-7-4-3-6-11(12)10-15/h5,8-9,11-12H,2-4,6-7,10,15H2,1H3. The van der Waals surface area contributed by atoms with Crippen LogP contribution in [-0.4, -0.2) is 29.9 Å². The van der Waals surface area contributed by atoms with Crippen LogP contribution in [0.25, 0.3) is 0 Å². The van der Waals surface area contributed by atoms with Gasteiger partial charge in [-0.1, -0.05) is 18.9 Å². The van der Waals surface area contributed by atoms with Gasteiger partial charge in [-0.25, -0.2) is 0 Å². The van der Waals surface area contributed by atoms with Crippen LogP contribution in [-0.2, 0) is 0 Å². The molecule has 0 saturated heterocycles. The summed E-state index contributed by atoms with van der Waals surface area (Å²) in [6.45, 7) is 3.53. The van der Waals surface area contributed by atoms with Crippen molar-refractivity contribution < 1.29 is 4.79 Å². The largest absolute Gasteiger partial charge is 0.335 e. The number of thiophene rings is 1. The number of rotatable bonds is 4. The van der Waals surface area contributed by atoms with Gasteiger partial charge >= 0.3 is 0 Å². The van der Waals surface area contributed by atoms with E-state index in [-0.39, 0.29) is 5.91 Å². The summed E-state index contributed by atoms with van der Waals surface area (Å²) in [5, 5.41) is 1.96. The van der Waals surface area contributed by atoms with Crippen LogP contribution in [0.15, 0.2) is 17.5 Å². The molecule has 2 N–H and O–H groups in total. The molecule has 18 heavy (non-hydrogen) atoms. The Morgan fingerprint density at radius 3 is 2.89 bits per heavy atom. The Labute approximate surface area is 113 Å². The molecule has 3 nitrogen and oxygen atoms in total. The summed E-state index contributed by atoms with van der Waals surface area (Å²) in [7, 11) is 0. The Morgan fingerprint density at radius 1 is 1.50 bits per heavy atom. The lowest BCUT2D eigenvalue weighted by molar-refractivity contribution is 0.0565. The molecule has 1 amide bonds. The predicted octanol–water partition coefficient (Wildman–Crippen LogP) is 2.73. The van der Waals surface area contributed by atoms with Crippen LogP contribution in [0.4, 0.5) is 0 Å². The fourth-order valence-corrected chi connectivity index (χ4v) is 3.62. The van der Waals surface area contributed by atoms with Crippen LogP contribution in [0.2, 0.25) is 0 Å². The maximum absolute atomic E-state index is 12.5. The monoisotopic (exact) mass is 266 g/mol. The van der Waals surface area contributed by atoms with E-state index >= 15 is 0 Å². The third kappa shape index (κ3) is 2.75. The zero-order chi connectivity index (χ0) is 13.0. The number of amides is 1.